The number of hydrogen-bond donors (Lipinski definition) is 2. The molecular formula is C14H20ClN3O3. The molecule has 0 heterocycles. The quantitative estimate of drug-likeness (QED) is 0.251. The van der Waals surface area contributed by atoms with Crippen LogP contribution in [0.2, 0.25) is 5.02 Å². The molecule has 1 aromatic carbocycles. The molecule has 0 aliphatic rings. The summed E-state index contributed by atoms with van der Waals surface area (Å²) in [6.07, 6.45) is 2.31. The van der Waals surface area contributed by atoms with Gasteiger partial charge in [-0.1, -0.05) is 25.4 Å². The van der Waals surface area contributed by atoms with Crippen LogP contribution in [0.25, 0.3) is 0 Å². The molecule has 0 bridgehead atoms. The highest BCUT2D eigenvalue weighted by molar-refractivity contribution is 6.30. The highest BCUT2D eigenvalue weighted by Gasteiger charge is 2.21. The Hall–Kier alpha value is -1.82. The molecule has 0 spiro atoms. The number of benzene rings is 1. The zero-order valence-electron chi connectivity index (χ0n) is 12.2. The molecule has 0 radical (unpaired) electrons. The first-order valence-electron chi connectivity index (χ1n) is 6.65. The summed E-state index contributed by atoms with van der Waals surface area (Å²) >= 11 is 5.82. The van der Waals surface area contributed by atoms with Crippen molar-refractivity contribution in [3.05, 3.63) is 33.3 Å². The van der Waals surface area contributed by atoms with Gasteiger partial charge in [0.15, 0.2) is 5.75 Å². The molecule has 1 aromatic rings. The van der Waals surface area contributed by atoms with Gasteiger partial charge in [-0.15, -0.1) is 0 Å². The molecule has 0 aromatic heterocycles. The summed E-state index contributed by atoms with van der Waals surface area (Å²) in [5, 5.41) is 18.7. The Labute approximate surface area is 128 Å². The number of nitro groups is 1. The fourth-order valence-electron chi connectivity index (χ4n) is 1.74. The largest absolute Gasteiger partial charge is 0.487 e. The van der Waals surface area contributed by atoms with E-state index in [2.05, 4.69) is 0 Å². The summed E-state index contributed by atoms with van der Waals surface area (Å²) in [4.78, 5) is 10.4. The average Bonchev–Trinajstić information content (AvgIpc) is 2.37. The summed E-state index contributed by atoms with van der Waals surface area (Å²) < 4.78 is 5.44. The molecule has 7 heteroatoms. The van der Waals surface area contributed by atoms with Crippen molar-refractivity contribution >= 4 is 23.1 Å². The van der Waals surface area contributed by atoms with E-state index in [9.17, 15) is 10.1 Å². The smallest absolute Gasteiger partial charge is 0.311 e. The zero-order valence-corrected chi connectivity index (χ0v) is 12.9. The summed E-state index contributed by atoms with van der Waals surface area (Å²) in [6.45, 7) is 4.19. The molecule has 0 unspecified atom stereocenters. The van der Waals surface area contributed by atoms with Gasteiger partial charge in [-0.25, -0.2) is 0 Å². The molecule has 0 aliphatic heterocycles. The van der Waals surface area contributed by atoms with Crippen molar-refractivity contribution in [3.8, 4) is 5.75 Å². The molecule has 0 aliphatic carbocycles. The number of nitro benzene ring substituents is 1. The lowest BCUT2D eigenvalue weighted by atomic mass is 9.86. The van der Waals surface area contributed by atoms with Crippen molar-refractivity contribution in [2.24, 2.45) is 11.1 Å². The Balaban J connectivity index is 2.48. The first-order chi connectivity index (χ1) is 9.74. The molecule has 116 valence electrons. The van der Waals surface area contributed by atoms with Crippen LogP contribution in [0.5, 0.6) is 5.75 Å². The van der Waals surface area contributed by atoms with Crippen LogP contribution in [0.1, 0.15) is 33.1 Å². The van der Waals surface area contributed by atoms with Crippen LogP contribution in [-0.4, -0.2) is 17.4 Å². The van der Waals surface area contributed by atoms with E-state index in [0.717, 1.165) is 19.3 Å². The minimum absolute atomic E-state index is 0.0940. The van der Waals surface area contributed by atoms with Gasteiger partial charge in [-0.05, 0) is 25.3 Å². The van der Waals surface area contributed by atoms with Gasteiger partial charge in [0.2, 0.25) is 0 Å². The van der Waals surface area contributed by atoms with Crippen LogP contribution in [-0.2, 0) is 0 Å². The maximum Gasteiger partial charge on any atom is 0.311 e. The summed E-state index contributed by atoms with van der Waals surface area (Å²) in [7, 11) is 0. The minimum atomic E-state index is -0.496. The Morgan fingerprint density at radius 1 is 1.48 bits per heavy atom. The van der Waals surface area contributed by atoms with Gasteiger partial charge in [0.05, 0.1) is 17.4 Å². The Morgan fingerprint density at radius 2 is 2.14 bits per heavy atom. The Morgan fingerprint density at radius 3 is 2.71 bits per heavy atom. The van der Waals surface area contributed by atoms with Crippen molar-refractivity contribution in [2.45, 2.75) is 33.1 Å². The van der Waals surface area contributed by atoms with E-state index in [1.165, 1.54) is 18.2 Å². The Kier molecular flexibility index (Phi) is 5.96. The molecule has 0 saturated carbocycles. The number of ether oxygens (including phenoxy) is 1. The van der Waals surface area contributed by atoms with E-state index >= 15 is 0 Å². The van der Waals surface area contributed by atoms with Gasteiger partial charge < -0.3 is 10.5 Å². The lowest BCUT2D eigenvalue weighted by molar-refractivity contribution is -0.385. The normalized spacial score (nSPS) is 11.2. The minimum Gasteiger partial charge on any atom is -0.487 e. The number of unbranched alkanes of at least 4 members (excludes halogenated alkanes) is 1. The maximum absolute atomic E-state index is 10.9. The van der Waals surface area contributed by atoms with Gasteiger partial charge in [0.1, 0.15) is 0 Å². The standard InChI is InChI=1S/C14H20ClN3O3/c1-14(2,13(16)17)7-3-4-8-21-12-9-10(15)5-6-11(12)18(19)20/h5-6,9H,3-4,7-8H2,1-2H3,(H3,16,17). The van der Waals surface area contributed by atoms with E-state index in [4.69, 9.17) is 27.5 Å². The number of nitrogens with two attached hydrogens (primary N) is 1. The Bertz CT molecular complexity index is 532. The van der Waals surface area contributed by atoms with E-state index < -0.39 is 4.92 Å². The fraction of sp³-hybridized carbons (Fsp3) is 0.500. The number of nitrogens with one attached hydrogen (secondary N) is 1. The third-order valence-electron chi connectivity index (χ3n) is 3.30. The molecule has 0 fully saturated rings. The lowest BCUT2D eigenvalue weighted by Crippen LogP contribution is -2.30. The molecule has 6 nitrogen and oxygen atoms in total. The van der Waals surface area contributed by atoms with E-state index in [-0.39, 0.29) is 22.7 Å². The summed E-state index contributed by atoms with van der Waals surface area (Å²) in [5.41, 5.74) is 5.08. The summed E-state index contributed by atoms with van der Waals surface area (Å²) in [6, 6.07) is 4.23. The lowest BCUT2D eigenvalue weighted by Gasteiger charge is -2.22. The number of amidine groups is 1. The first kappa shape index (κ1) is 17.2. The van der Waals surface area contributed by atoms with Crippen LogP contribution in [0, 0.1) is 20.9 Å². The third kappa shape index (κ3) is 5.23. The predicted molar refractivity (Wildman–Crippen MR) is 83.1 cm³/mol. The second kappa shape index (κ2) is 7.26. The second-order valence-electron chi connectivity index (χ2n) is 5.47. The molecule has 0 atom stereocenters. The first-order valence-corrected chi connectivity index (χ1v) is 7.03. The summed E-state index contributed by atoms with van der Waals surface area (Å²) in [5.74, 6) is 0.340. The average molecular weight is 314 g/mol. The molecule has 0 amide bonds. The molecule has 1 rings (SSSR count). The fourth-order valence-corrected chi connectivity index (χ4v) is 1.90. The van der Waals surface area contributed by atoms with Gasteiger partial charge in [-0.2, -0.15) is 0 Å². The van der Waals surface area contributed by atoms with E-state index in [1.54, 1.807) is 0 Å². The highest BCUT2D eigenvalue weighted by Crippen LogP contribution is 2.30. The van der Waals surface area contributed by atoms with Crippen LogP contribution >= 0.6 is 11.6 Å². The van der Waals surface area contributed by atoms with Crippen LogP contribution in [0.3, 0.4) is 0 Å². The number of rotatable bonds is 8. The highest BCUT2D eigenvalue weighted by atomic mass is 35.5. The van der Waals surface area contributed by atoms with Crippen LogP contribution in [0.15, 0.2) is 18.2 Å². The van der Waals surface area contributed by atoms with Crippen LogP contribution in [0.4, 0.5) is 5.69 Å². The molecular weight excluding hydrogens is 294 g/mol. The van der Waals surface area contributed by atoms with Crippen molar-refractivity contribution < 1.29 is 9.66 Å². The van der Waals surface area contributed by atoms with Gasteiger partial charge in [-0.3, -0.25) is 15.5 Å². The topological polar surface area (TPSA) is 102 Å². The van der Waals surface area contributed by atoms with Crippen molar-refractivity contribution in [2.75, 3.05) is 6.61 Å². The molecule has 21 heavy (non-hydrogen) atoms. The zero-order chi connectivity index (χ0) is 16.0. The van der Waals surface area contributed by atoms with E-state index in [0.29, 0.717) is 11.6 Å². The molecule has 0 saturated heterocycles. The third-order valence-corrected chi connectivity index (χ3v) is 3.54. The van der Waals surface area contributed by atoms with Crippen molar-refractivity contribution in [1.29, 1.82) is 5.41 Å². The molecule has 3 N–H and O–H groups in total. The number of hydrogen-bond acceptors (Lipinski definition) is 4. The monoisotopic (exact) mass is 313 g/mol. The van der Waals surface area contributed by atoms with Gasteiger partial charge >= 0.3 is 5.69 Å². The van der Waals surface area contributed by atoms with Crippen molar-refractivity contribution in [1.82, 2.24) is 0 Å². The van der Waals surface area contributed by atoms with Gasteiger partial charge in [0.25, 0.3) is 0 Å². The second-order valence-corrected chi connectivity index (χ2v) is 5.91. The number of nitrogens with zero attached hydrogens (tertiary/aromatic N) is 1. The van der Waals surface area contributed by atoms with Crippen LogP contribution < -0.4 is 10.5 Å². The van der Waals surface area contributed by atoms with Gasteiger partial charge in [0, 0.05) is 22.6 Å². The predicted octanol–water partition coefficient (Wildman–Crippen LogP) is 3.76. The SMILES string of the molecule is CC(C)(CCCCOc1cc(Cl)ccc1[N+](=O)[O-])C(=N)N. The van der Waals surface area contributed by atoms with E-state index in [1.807, 2.05) is 13.8 Å². The maximum atomic E-state index is 10.9. The number of halogens is 1. The van der Waals surface area contributed by atoms with Crippen molar-refractivity contribution in [3.63, 3.8) is 0 Å².